The second-order valence-electron chi connectivity index (χ2n) is 5.58. The quantitative estimate of drug-likeness (QED) is 0.778. The van der Waals surface area contributed by atoms with Crippen LogP contribution in [0.25, 0.3) is 0 Å². The molecule has 0 bridgehead atoms. The molecule has 0 N–H and O–H groups in total. The number of hydrogen-bond acceptors (Lipinski definition) is 2. The first-order valence-corrected chi connectivity index (χ1v) is 7.26. The maximum atomic E-state index is 12.4. The van der Waals surface area contributed by atoms with E-state index in [0.29, 0.717) is 24.3 Å². The first-order chi connectivity index (χ1) is 9.33. The second kappa shape index (κ2) is 5.59. The SMILES string of the molecule is O=C(C[C@H]1C=CCC1)N1CCC[C@H]1Cn1cccn1. The Morgan fingerprint density at radius 2 is 2.32 bits per heavy atom. The molecule has 0 spiro atoms. The number of aromatic nitrogens is 2. The van der Waals surface area contributed by atoms with Crippen LogP contribution in [0.15, 0.2) is 30.6 Å². The number of likely N-dealkylation sites (tertiary alicyclic amines) is 1. The van der Waals surface area contributed by atoms with Gasteiger partial charge in [-0.2, -0.15) is 5.10 Å². The van der Waals surface area contributed by atoms with Gasteiger partial charge < -0.3 is 4.90 Å². The summed E-state index contributed by atoms with van der Waals surface area (Å²) in [7, 11) is 0. The molecule has 1 aliphatic carbocycles. The third kappa shape index (κ3) is 2.88. The van der Waals surface area contributed by atoms with E-state index in [1.54, 1.807) is 6.20 Å². The Balaban J connectivity index is 1.58. The van der Waals surface area contributed by atoms with Crippen molar-refractivity contribution in [2.75, 3.05) is 6.54 Å². The lowest BCUT2D eigenvalue weighted by Gasteiger charge is -2.25. The average Bonchev–Trinajstić information content (AvgIpc) is 3.10. The molecule has 2 heterocycles. The van der Waals surface area contributed by atoms with Crippen molar-refractivity contribution in [3.05, 3.63) is 30.6 Å². The van der Waals surface area contributed by atoms with E-state index in [9.17, 15) is 4.79 Å². The minimum absolute atomic E-state index is 0.325. The molecule has 3 rings (SSSR count). The van der Waals surface area contributed by atoms with Crippen LogP contribution in [0.3, 0.4) is 0 Å². The van der Waals surface area contributed by atoms with Crippen molar-refractivity contribution in [3.63, 3.8) is 0 Å². The summed E-state index contributed by atoms with van der Waals surface area (Å²) in [5.41, 5.74) is 0. The Labute approximate surface area is 114 Å². The predicted molar refractivity (Wildman–Crippen MR) is 73.4 cm³/mol. The van der Waals surface area contributed by atoms with Gasteiger partial charge in [-0.1, -0.05) is 12.2 Å². The molecule has 4 nitrogen and oxygen atoms in total. The van der Waals surface area contributed by atoms with Crippen molar-refractivity contribution in [2.24, 2.45) is 5.92 Å². The van der Waals surface area contributed by atoms with Gasteiger partial charge in [0.2, 0.25) is 5.91 Å². The van der Waals surface area contributed by atoms with Gasteiger partial charge in [-0.15, -0.1) is 0 Å². The van der Waals surface area contributed by atoms with Crippen LogP contribution >= 0.6 is 0 Å². The first kappa shape index (κ1) is 12.5. The summed E-state index contributed by atoms with van der Waals surface area (Å²) >= 11 is 0. The number of hydrogen-bond donors (Lipinski definition) is 0. The largest absolute Gasteiger partial charge is 0.338 e. The predicted octanol–water partition coefficient (Wildman–Crippen LogP) is 2.23. The summed E-state index contributed by atoms with van der Waals surface area (Å²) in [6, 6.07) is 2.27. The highest BCUT2D eigenvalue weighted by molar-refractivity contribution is 5.77. The van der Waals surface area contributed by atoms with Gasteiger partial charge in [0.25, 0.3) is 0 Å². The van der Waals surface area contributed by atoms with Gasteiger partial charge in [-0.25, -0.2) is 0 Å². The molecule has 1 aromatic rings. The van der Waals surface area contributed by atoms with Crippen molar-refractivity contribution in [2.45, 2.75) is 44.7 Å². The molecule has 1 amide bonds. The number of carbonyl (C=O) groups is 1. The average molecular weight is 259 g/mol. The lowest BCUT2D eigenvalue weighted by molar-refractivity contribution is -0.132. The smallest absolute Gasteiger partial charge is 0.223 e. The summed E-state index contributed by atoms with van der Waals surface area (Å²) in [5.74, 6) is 0.796. The highest BCUT2D eigenvalue weighted by Gasteiger charge is 2.30. The van der Waals surface area contributed by atoms with E-state index >= 15 is 0 Å². The molecule has 1 fully saturated rings. The van der Waals surface area contributed by atoms with E-state index in [2.05, 4.69) is 22.2 Å². The zero-order valence-electron chi connectivity index (χ0n) is 11.2. The minimum atomic E-state index is 0.325. The molecule has 4 heteroatoms. The standard InChI is InChI=1S/C15H21N3O/c19-15(11-13-5-1-2-6-13)18-10-3-7-14(18)12-17-9-4-8-16-17/h1,4-5,8-9,13-14H,2-3,6-7,10-12H2/t13-,14-/m0/s1. The Bertz CT molecular complexity index is 452. The number of rotatable bonds is 4. The number of amides is 1. The molecule has 1 aromatic heterocycles. The number of nitrogens with zero attached hydrogens (tertiary/aromatic N) is 3. The summed E-state index contributed by atoms with van der Waals surface area (Å²) in [6.07, 6.45) is 13.4. The van der Waals surface area contributed by atoms with Gasteiger partial charge >= 0.3 is 0 Å². The van der Waals surface area contributed by atoms with Gasteiger partial charge in [0.1, 0.15) is 0 Å². The van der Waals surface area contributed by atoms with Crippen molar-refractivity contribution in [1.29, 1.82) is 0 Å². The van der Waals surface area contributed by atoms with E-state index in [0.717, 1.165) is 38.8 Å². The van der Waals surface area contributed by atoms with Crippen molar-refractivity contribution < 1.29 is 4.79 Å². The van der Waals surface area contributed by atoms with Crippen LogP contribution < -0.4 is 0 Å². The highest BCUT2D eigenvalue weighted by Crippen LogP contribution is 2.25. The summed E-state index contributed by atoms with van der Waals surface area (Å²) < 4.78 is 1.94. The van der Waals surface area contributed by atoms with Crippen molar-refractivity contribution in [3.8, 4) is 0 Å². The molecule has 1 aliphatic heterocycles. The van der Waals surface area contributed by atoms with E-state index < -0.39 is 0 Å². The van der Waals surface area contributed by atoms with Crippen LogP contribution in [0.2, 0.25) is 0 Å². The van der Waals surface area contributed by atoms with E-state index in [-0.39, 0.29) is 0 Å². The Hall–Kier alpha value is -1.58. The van der Waals surface area contributed by atoms with Gasteiger partial charge in [-0.05, 0) is 37.7 Å². The van der Waals surface area contributed by atoms with Crippen LogP contribution in [0.1, 0.15) is 32.1 Å². The molecule has 0 radical (unpaired) electrons. The fourth-order valence-electron chi connectivity index (χ4n) is 3.19. The van der Waals surface area contributed by atoms with Crippen molar-refractivity contribution in [1.82, 2.24) is 14.7 Å². The normalized spacial score (nSPS) is 26.2. The Morgan fingerprint density at radius 3 is 3.05 bits per heavy atom. The zero-order valence-corrected chi connectivity index (χ0v) is 11.2. The topological polar surface area (TPSA) is 38.1 Å². The van der Waals surface area contributed by atoms with Crippen molar-refractivity contribution >= 4 is 5.91 Å². The van der Waals surface area contributed by atoms with E-state index in [4.69, 9.17) is 0 Å². The zero-order chi connectivity index (χ0) is 13.1. The minimum Gasteiger partial charge on any atom is -0.338 e. The molecule has 0 saturated carbocycles. The van der Waals surface area contributed by atoms with Gasteiger partial charge in [0.15, 0.2) is 0 Å². The third-order valence-electron chi connectivity index (χ3n) is 4.20. The molecule has 2 atom stereocenters. The van der Waals surface area contributed by atoms with Crippen LogP contribution in [0.5, 0.6) is 0 Å². The summed E-state index contributed by atoms with van der Waals surface area (Å²) in [4.78, 5) is 14.5. The number of carbonyl (C=O) groups excluding carboxylic acids is 1. The Morgan fingerprint density at radius 1 is 1.37 bits per heavy atom. The molecule has 1 saturated heterocycles. The van der Waals surface area contributed by atoms with Gasteiger partial charge in [0, 0.05) is 25.4 Å². The summed E-state index contributed by atoms with van der Waals surface area (Å²) in [6.45, 7) is 1.75. The Kier molecular flexibility index (Phi) is 3.67. The maximum Gasteiger partial charge on any atom is 0.223 e. The lowest BCUT2D eigenvalue weighted by Crippen LogP contribution is -2.38. The van der Waals surface area contributed by atoms with Crippen LogP contribution in [0, 0.1) is 5.92 Å². The second-order valence-corrected chi connectivity index (χ2v) is 5.58. The molecule has 2 aliphatic rings. The van der Waals surface area contributed by atoms with Crippen LogP contribution in [0.4, 0.5) is 0 Å². The molecule has 19 heavy (non-hydrogen) atoms. The van der Waals surface area contributed by atoms with E-state index in [1.165, 1.54) is 0 Å². The molecule has 102 valence electrons. The fraction of sp³-hybridized carbons (Fsp3) is 0.600. The molecule has 0 aromatic carbocycles. The fourth-order valence-corrected chi connectivity index (χ4v) is 3.19. The molecule has 0 unspecified atom stereocenters. The number of allylic oxidation sites excluding steroid dienone is 2. The van der Waals surface area contributed by atoms with E-state index in [1.807, 2.05) is 16.9 Å². The molecular formula is C15H21N3O. The lowest BCUT2D eigenvalue weighted by atomic mass is 10.0. The third-order valence-corrected chi connectivity index (χ3v) is 4.20. The van der Waals surface area contributed by atoms with Crippen LogP contribution in [-0.2, 0) is 11.3 Å². The first-order valence-electron chi connectivity index (χ1n) is 7.26. The van der Waals surface area contributed by atoms with Gasteiger partial charge in [-0.3, -0.25) is 9.48 Å². The molecular weight excluding hydrogens is 238 g/mol. The maximum absolute atomic E-state index is 12.4. The monoisotopic (exact) mass is 259 g/mol. The van der Waals surface area contributed by atoms with Crippen LogP contribution in [-0.4, -0.2) is 33.2 Å². The highest BCUT2D eigenvalue weighted by atomic mass is 16.2. The van der Waals surface area contributed by atoms with Gasteiger partial charge in [0.05, 0.1) is 12.6 Å². The summed E-state index contributed by atoms with van der Waals surface area (Å²) in [5, 5.41) is 4.24.